The fourth-order valence-corrected chi connectivity index (χ4v) is 1.67. The molecule has 6 nitrogen and oxygen atoms in total. The van der Waals surface area contributed by atoms with Crippen LogP contribution in [0.4, 0.5) is 11.4 Å². The topological polar surface area (TPSA) is 103 Å². The van der Waals surface area contributed by atoms with E-state index in [1.807, 2.05) is 6.07 Å². The summed E-state index contributed by atoms with van der Waals surface area (Å²) in [5.74, 6) is -0.413. The van der Waals surface area contributed by atoms with Crippen molar-refractivity contribution in [2.24, 2.45) is 0 Å². The van der Waals surface area contributed by atoms with Crippen LogP contribution < -0.4 is 5.32 Å². The van der Waals surface area contributed by atoms with Gasteiger partial charge in [-0.3, -0.25) is 4.79 Å². The minimum absolute atomic E-state index is 0.0340. The molecule has 0 unspecified atom stereocenters. The molecule has 0 heterocycles. The fourth-order valence-electron chi connectivity index (χ4n) is 1.67. The first-order valence-electron chi connectivity index (χ1n) is 5.71. The van der Waals surface area contributed by atoms with Crippen LogP contribution in [0.3, 0.4) is 0 Å². The van der Waals surface area contributed by atoms with Crippen molar-refractivity contribution in [2.75, 3.05) is 5.32 Å². The van der Waals surface area contributed by atoms with Gasteiger partial charge >= 0.3 is 0 Å². The predicted molar refractivity (Wildman–Crippen MR) is 71.6 cm³/mol. The smallest absolute Gasteiger partial charge is 0.267 e. The zero-order valence-electron chi connectivity index (χ0n) is 10.3. The monoisotopic (exact) mass is 266 g/mol. The van der Waals surface area contributed by atoms with Crippen molar-refractivity contribution < 1.29 is 9.66 Å². The summed E-state index contributed by atoms with van der Waals surface area (Å²) < 4.78 is 0. The summed E-state index contributed by atoms with van der Waals surface area (Å²) in [6, 6.07) is 14.5. The first kappa shape index (κ1) is 13.2. The van der Waals surface area contributed by atoms with Gasteiger partial charge in [0.1, 0.15) is 5.69 Å². The van der Waals surface area contributed by atoms with Gasteiger partial charge < -0.3 is 10.5 Å². The van der Waals surface area contributed by atoms with Crippen LogP contribution >= 0.6 is 0 Å². The number of hydrogen-bond acceptors (Lipinski definition) is 4. The molecule has 1 amide bonds. The Morgan fingerprint density at radius 2 is 1.95 bits per heavy atom. The standard InChI is InChI=1S/C14H10N4O2/c15-9-10-6-7-13(18(16)20)12(8-10)17-14(19)11-4-2-1-3-5-11/h1-8,16H,(H,17,19). The first-order chi connectivity index (χ1) is 9.61. The molecule has 2 aromatic rings. The summed E-state index contributed by atoms with van der Waals surface area (Å²) in [5, 5.41) is 22.5. The second kappa shape index (κ2) is 5.63. The average Bonchev–Trinajstić information content (AvgIpc) is 2.47. The largest absolute Gasteiger partial charge is 0.594 e. The molecule has 0 spiro atoms. The summed E-state index contributed by atoms with van der Waals surface area (Å²) in [6.07, 6.45) is 0. The van der Waals surface area contributed by atoms with Crippen LogP contribution in [-0.2, 0) is 0 Å². The van der Waals surface area contributed by atoms with E-state index in [4.69, 9.17) is 10.8 Å². The zero-order chi connectivity index (χ0) is 14.5. The van der Waals surface area contributed by atoms with Gasteiger partial charge in [-0.1, -0.05) is 23.1 Å². The van der Waals surface area contributed by atoms with Crippen LogP contribution in [-0.4, -0.2) is 10.8 Å². The molecular formula is C14H10N4O2. The highest BCUT2D eigenvalue weighted by molar-refractivity contribution is 6.05. The Morgan fingerprint density at radius 1 is 1.25 bits per heavy atom. The minimum Gasteiger partial charge on any atom is -0.594 e. The molecule has 2 N–H and O–H groups in total. The van der Waals surface area contributed by atoms with Gasteiger partial charge in [0.15, 0.2) is 0 Å². The lowest BCUT2D eigenvalue weighted by atomic mass is 10.1. The quantitative estimate of drug-likeness (QED) is 0.507. The van der Waals surface area contributed by atoms with Gasteiger partial charge in [-0.2, -0.15) is 5.26 Å². The number of nitrogens with zero attached hydrogens (tertiary/aromatic N) is 2. The average molecular weight is 266 g/mol. The molecule has 2 aromatic carbocycles. The number of nitriles is 1. The van der Waals surface area contributed by atoms with E-state index >= 15 is 0 Å². The highest BCUT2D eigenvalue weighted by Crippen LogP contribution is 2.25. The van der Waals surface area contributed by atoms with Crippen molar-refractivity contribution in [3.63, 3.8) is 0 Å². The Balaban J connectivity index is 2.35. The normalized spacial score (nSPS) is 9.55. The molecule has 0 aliphatic heterocycles. The van der Waals surface area contributed by atoms with Crippen molar-refractivity contribution in [1.82, 2.24) is 0 Å². The fraction of sp³-hybridized carbons (Fsp3) is 0. The number of hydrogen-bond donors (Lipinski definition) is 2. The maximum atomic E-state index is 12.0. The molecule has 6 heteroatoms. The van der Waals surface area contributed by atoms with Crippen LogP contribution in [0.2, 0.25) is 0 Å². The third-order valence-corrected chi connectivity index (χ3v) is 2.63. The second-order valence-electron chi connectivity index (χ2n) is 3.96. The molecule has 0 bridgehead atoms. The van der Waals surface area contributed by atoms with E-state index in [1.54, 1.807) is 30.3 Å². The summed E-state index contributed by atoms with van der Waals surface area (Å²) in [7, 11) is 0. The molecule has 0 saturated heterocycles. The molecular weight excluding hydrogens is 256 g/mol. The van der Waals surface area contributed by atoms with Crippen LogP contribution in [0.25, 0.3) is 0 Å². The van der Waals surface area contributed by atoms with E-state index in [1.165, 1.54) is 18.2 Å². The van der Waals surface area contributed by atoms with E-state index in [2.05, 4.69) is 5.32 Å². The molecule has 0 saturated carbocycles. The summed E-state index contributed by atoms with van der Waals surface area (Å²) >= 11 is 0. The molecule has 2 rings (SSSR count). The maximum absolute atomic E-state index is 12.0. The number of benzene rings is 2. The van der Waals surface area contributed by atoms with Gasteiger partial charge in [-0.05, 0) is 29.8 Å². The number of carbonyl (C=O) groups is 1. The maximum Gasteiger partial charge on any atom is 0.267 e. The van der Waals surface area contributed by atoms with Gasteiger partial charge in [0.25, 0.3) is 11.6 Å². The number of rotatable bonds is 3. The van der Waals surface area contributed by atoms with Crippen molar-refractivity contribution in [2.45, 2.75) is 0 Å². The Kier molecular flexibility index (Phi) is 3.72. The zero-order valence-corrected chi connectivity index (χ0v) is 10.3. The molecule has 0 aromatic heterocycles. The van der Waals surface area contributed by atoms with Gasteiger partial charge in [0, 0.05) is 11.6 Å². The molecule has 0 aliphatic carbocycles. The molecule has 0 atom stereocenters. The summed E-state index contributed by atoms with van der Waals surface area (Å²) in [5.41, 5.74) is 7.88. The minimum atomic E-state index is -0.413. The molecule has 0 radical (unpaired) electrons. The van der Waals surface area contributed by atoms with E-state index in [0.29, 0.717) is 11.1 Å². The Bertz CT molecular complexity index is 705. The van der Waals surface area contributed by atoms with Crippen molar-refractivity contribution in [1.29, 1.82) is 10.8 Å². The van der Waals surface area contributed by atoms with Crippen LogP contribution in [0.15, 0.2) is 48.5 Å². The Morgan fingerprint density at radius 3 is 2.55 bits per heavy atom. The van der Waals surface area contributed by atoms with Crippen LogP contribution in [0.1, 0.15) is 15.9 Å². The van der Waals surface area contributed by atoms with Crippen molar-refractivity contribution >= 4 is 17.3 Å². The number of carbonyl (C=O) groups excluding carboxylic acids is 1. The molecule has 20 heavy (non-hydrogen) atoms. The number of nitrogens with one attached hydrogen (secondary N) is 2. The Labute approximate surface area is 115 Å². The lowest BCUT2D eigenvalue weighted by molar-refractivity contribution is -0.464. The van der Waals surface area contributed by atoms with Gasteiger partial charge in [0.2, 0.25) is 0 Å². The van der Waals surface area contributed by atoms with Crippen LogP contribution in [0, 0.1) is 22.1 Å². The Hall–Kier alpha value is -3.20. The summed E-state index contributed by atoms with van der Waals surface area (Å²) in [4.78, 5) is 11.9. The SMILES string of the molecule is N#Cc1ccc([N+](=N)[O-])c(NC(=O)c2ccccc2)c1. The third kappa shape index (κ3) is 2.79. The lowest BCUT2D eigenvalue weighted by Gasteiger charge is -2.08. The van der Waals surface area contributed by atoms with Gasteiger partial charge in [-0.15, -0.1) is 0 Å². The summed E-state index contributed by atoms with van der Waals surface area (Å²) in [6.45, 7) is 0. The molecule has 0 fully saturated rings. The highest BCUT2D eigenvalue weighted by atomic mass is 16.5. The molecule has 0 aliphatic rings. The van der Waals surface area contributed by atoms with Gasteiger partial charge in [0.05, 0.1) is 11.6 Å². The van der Waals surface area contributed by atoms with E-state index in [-0.39, 0.29) is 16.2 Å². The number of amides is 1. The van der Waals surface area contributed by atoms with Crippen LogP contribution in [0.5, 0.6) is 0 Å². The first-order valence-corrected chi connectivity index (χ1v) is 5.71. The third-order valence-electron chi connectivity index (χ3n) is 2.63. The predicted octanol–water partition coefficient (Wildman–Crippen LogP) is 2.98. The number of anilines is 1. The van der Waals surface area contributed by atoms with E-state index < -0.39 is 5.91 Å². The van der Waals surface area contributed by atoms with Crippen molar-refractivity contribution in [3.05, 3.63) is 64.9 Å². The van der Waals surface area contributed by atoms with Gasteiger partial charge in [-0.25, -0.2) is 0 Å². The lowest BCUT2D eigenvalue weighted by Crippen LogP contribution is -2.13. The van der Waals surface area contributed by atoms with Crippen molar-refractivity contribution in [3.8, 4) is 6.07 Å². The van der Waals surface area contributed by atoms with E-state index in [9.17, 15) is 10.0 Å². The highest BCUT2D eigenvalue weighted by Gasteiger charge is 2.15. The molecule has 98 valence electrons. The second-order valence-corrected chi connectivity index (χ2v) is 3.96. The van der Waals surface area contributed by atoms with E-state index in [0.717, 1.165) is 0 Å².